The normalized spacial score (nSPS) is 14.5. The Morgan fingerprint density at radius 1 is 0.917 bits per heavy atom. The van der Waals surface area contributed by atoms with Gasteiger partial charge < -0.3 is 4.74 Å². The lowest BCUT2D eigenvalue weighted by molar-refractivity contribution is -0.138. The number of carbonyl (C=O) groups excluding carboxylic acids is 3. The molecule has 0 radical (unpaired) electrons. The molecule has 1 unspecified atom stereocenters. The van der Waals surface area contributed by atoms with Crippen molar-refractivity contribution in [3.05, 3.63) is 64.7 Å². The van der Waals surface area contributed by atoms with Crippen LogP contribution in [0.15, 0.2) is 42.5 Å². The molecule has 2 aromatic rings. The number of nitrogens with zero attached hydrogens (tertiary/aromatic N) is 1. The first-order chi connectivity index (χ1) is 11.4. The summed E-state index contributed by atoms with van der Waals surface area (Å²) in [7, 11) is 0. The maximum Gasteiger partial charge on any atom is 0.334 e. The standard InChI is InChI=1S/C19H17NO4/c1-11-7-6-8-12(2)16(11)24-19(23)13(3)20-17(21)14-9-4-5-10-15(14)18(20)22/h4-10,13H,1-3H3. The summed E-state index contributed by atoms with van der Waals surface area (Å²) in [5.41, 5.74) is 2.26. The van der Waals surface area contributed by atoms with Gasteiger partial charge in [0.25, 0.3) is 11.8 Å². The van der Waals surface area contributed by atoms with Gasteiger partial charge in [0.05, 0.1) is 11.1 Å². The van der Waals surface area contributed by atoms with Gasteiger partial charge in [0.1, 0.15) is 11.8 Å². The van der Waals surface area contributed by atoms with E-state index in [0.717, 1.165) is 16.0 Å². The van der Waals surface area contributed by atoms with Crippen molar-refractivity contribution in [1.82, 2.24) is 4.90 Å². The average Bonchev–Trinajstić information content (AvgIpc) is 2.82. The number of fused-ring (bicyclic) bond motifs is 1. The van der Waals surface area contributed by atoms with Crippen molar-refractivity contribution in [2.24, 2.45) is 0 Å². The second kappa shape index (κ2) is 5.92. The summed E-state index contributed by atoms with van der Waals surface area (Å²) in [6.07, 6.45) is 0. The lowest BCUT2D eigenvalue weighted by Crippen LogP contribution is -2.44. The van der Waals surface area contributed by atoms with Crippen molar-refractivity contribution in [1.29, 1.82) is 0 Å². The molecule has 3 rings (SSSR count). The largest absolute Gasteiger partial charge is 0.424 e. The van der Waals surface area contributed by atoms with Crippen LogP contribution in [0.4, 0.5) is 0 Å². The number of benzene rings is 2. The molecule has 122 valence electrons. The molecule has 0 aromatic heterocycles. The van der Waals surface area contributed by atoms with Crippen LogP contribution in [-0.4, -0.2) is 28.7 Å². The molecule has 0 fully saturated rings. The Labute approximate surface area is 139 Å². The summed E-state index contributed by atoms with van der Waals surface area (Å²) in [4.78, 5) is 38.3. The van der Waals surface area contributed by atoms with E-state index in [2.05, 4.69) is 0 Å². The summed E-state index contributed by atoms with van der Waals surface area (Å²) in [6, 6.07) is 11.1. The van der Waals surface area contributed by atoms with E-state index in [0.29, 0.717) is 16.9 Å². The van der Waals surface area contributed by atoms with Crippen LogP contribution in [0.2, 0.25) is 0 Å². The Hall–Kier alpha value is -2.95. The zero-order valence-corrected chi connectivity index (χ0v) is 13.7. The highest BCUT2D eigenvalue weighted by molar-refractivity contribution is 6.22. The fourth-order valence-corrected chi connectivity index (χ4v) is 2.81. The van der Waals surface area contributed by atoms with Gasteiger partial charge >= 0.3 is 5.97 Å². The van der Waals surface area contributed by atoms with Crippen LogP contribution in [0, 0.1) is 13.8 Å². The minimum atomic E-state index is -1.00. The first-order valence-electron chi connectivity index (χ1n) is 7.66. The number of hydrogen-bond acceptors (Lipinski definition) is 4. The SMILES string of the molecule is Cc1cccc(C)c1OC(=O)C(C)N1C(=O)c2ccccc2C1=O. The molecule has 0 N–H and O–H groups in total. The highest BCUT2D eigenvalue weighted by atomic mass is 16.5. The van der Waals surface area contributed by atoms with Gasteiger partial charge in [-0.1, -0.05) is 30.3 Å². The monoisotopic (exact) mass is 323 g/mol. The number of esters is 1. The van der Waals surface area contributed by atoms with Gasteiger partial charge in [0.2, 0.25) is 0 Å². The fraction of sp³-hybridized carbons (Fsp3) is 0.211. The Bertz CT molecular complexity index is 801. The van der Waals surface area contributed by atoms with Gasteiger partial charge in [-0.15, -0.1) is 0 Å². The van der Waals surface area contributed by atoms with Gasteiger partial charge in [-0.05, 0) is 44.0 Å². The second-order valence-corrected chi connectivity index (χ2v) is 5.84. The zero-order valence-electron chi connectivity index (χ0n) is 13.7. The molecular weight excluding hydrogens is 306 g/mol. The van der Waals surface area contributed by atoms with Gasteiger partial charge in [-0.3, -0.25) is 14.5 Å². The van der Waals surface area contributed by atoms with Crippen LogP contribution >= 0.6 is 0 Å². The molecule has 5 heteroatoms. The van der Waals surface area contributed by atoms with Crippen LogP contribution in [-0.2, 0) is 4.79 Å². The van der Waals surface area contributed by atoms with Crippen molar-refractivity contribution in [3.63, 3.8) is 0 Å². The van der Waals surface area contributed by atoms with Crippen LogP contribution in [0.25, 0.3) is 0 Å². The third-order valence-electron chi connectivity index (χ3n) is 4.17. The van der Waals surface area contributed by atoms with E-state index >= 15 is 0 Å². The first kappa shape index (κ1) is 15.9. The third-order valence-corrected chi connectivity index (χ3v) is 4.17. The second-order valence-electron chi connectivity index (χ2n) is 5.84. The Balaban J connectivity index is 1.85. The Kier molecular flexibility index (Phi) is 3.93. The smallest absolute Gasteiger partial charge is 0.334 e. The predicted molar refractivity (Wildman–Crippen MR) is 88.0 cm³/mol. The highest BCUT2D eigenvalue weighted by Gasteiger charge is 2.41. The lowest BCUT2D eigenvalue weighted by atomic mass is 10.1. The molecular formula is C19H17NO4. The van der Waals surface area contributed by atoms with E-state index < -0.39 is 23.8 Å². The molecule has 1 heterocycles. The quantitative estimate of drug-likeness (QED) is 0.495. The molecule has 0 aliphatic carbocycles. The van der Waals surface area contributed by atoms with Gasteiger partial charge in [0, 0.05) is 0 Å². The number of carbonyl (C=O) groups is 3. The first-order valence-corrected chi connectivity index (χ1v) is 7.66. The number of imide groups is 1. The number of rotatable bonds is 3. The molecule has 2 aromatic carbocycles. The lowest BCUT2D eigenvalue weighted by Gasteiger charge is -2.21. The predicted octanol–water partition coefficient (Wildman–Crippen LogP) is 2.89. The average molecular weight is 323 g/mol. The van der Waals surface area contributed by atoms with Crippen molar-refractivity contribution in [2.45, 2.75) is 26.8 Å². The van der Waals surface area contributed by atoms with Crippen molar-refractivity contribution >= 4 is 17.8 Å². The van der Waals surface area contributed by atoms with E-state index in [1.54, 1.807) is 24.3 Å². The Morgan fingerprint density at radius 3 is 1.92 bits per heavy atom. The zero-order chi connectivity index (χ0) is 17.4. The number of amides is 2. The molecule has 0 spiro atoms. The van der Waals surface area contributed by atoms with Crippen molar-refractivity contribution in [2.75, 3.05) is 0 Å². The van der Waals surface area contributed by atoms with E-state index in [-0.39, 0.29) is 0 Å². The summed E-state index contributed by atoms with van der Waals surface area (Å²) in [6.45, 7) is 5.17. The van der Waals surface area contributed by atoms with E-state index in [1.165, 1.54) is 6.92 Å². The van der Waals surface area contributed by atoms with E-state index in [9.17, 15) is 14.4 Å². The Morgan fingerprint density at radius 2 is 1.42 bits per heavy atom. The summed E-state index contributed by atoms with van der Waals surface area (Å²) >= 11 is 0. The number of hydrogen-bond donors (Lipinski definition) is 0. The topological polar surface area (TPSA) is 63.7 Å². The molecule has 1 aliphatic rings. The number of ether oxygens (including phenoxy) is 1. The maximum absolute atomic E-state index is 12.5. The van der Waals surface area contributed by atoms with Gasteiger partial charge in [0.15, 0.2) is 0 Å². The molecule has 1 atom stereocenters. The minimum absolute atomic E-state index is 0.314. The molecule has 1 aliphatic heterocycles. The maximum atomic E-state index is 12.5. The van der Waals surface area contributed by atoms with Crippen molar-refractivity contribution < 1.29 is 19.1 Å². The van der Waals surface area contributed by atoms with E-state index in [4.69, 9.17) is 4.74 Å². The highest BCUT2D eigenvalue weighted by Crippen LogP contribution is 2.27. The summed E-state index contributed by atoms with van der Waals surface area (Å²) in [5, 5.41) is 0. The number of para-hydroxylation sites is 1. The van der Waals surface area contributed by atoms with Crippen LogP contribution in [0.1, 0.15) is 38.8 Å². The molecule has 0 bridgehead atoms. The number of aryl methyl sites for hydroxylation is 2. The minimum Gasteiger partial charge on any atom is -0.424 e. The molecule has 0 saturated carbocycles. The molecule has 0 saturated heterocycles. The molecule has 24 heavy (non-hydrogen) atoms. The third kappa shape index (κ3) is 2.48. The van der Waals surface area contributed by atoms with Crippen molar-refractivity contribution in [3.8, 4) is 5.75 Å². The fourth-order valence-electron chi connectivity index (χ4n) is 2.81. The summed E-state index contributed by atoms with van der Waals surface area (Å²) in [5.74, 6) is -1.11. The van der Waals surface area contributed by atoms with Gasteiger partial charge in [-0.2, -0.15) is 0 Å². The van der Waals surface area contributed by atoms with Crippen LogP contribution in [0.5, 0.6) is 5.75 Å². The summed E-state index contributed by atoms with van der Waals surface area (Å²) < 4.78 is 5.46. The molecule has 2 amide bonds. The van der Waals surface area contributed by atoms with Crippen LogP contribution < -0.4 is 4.74 Å². The van der Waals surface area contributed by atoms with Crippen LogP contribution in [0.3, 0.4) is 0 Å². The molecule has 5 nitrogen and oxygen atoms in total. The van der Waals surface area contributed by atoms with Gasteiger partial charge in [-0.25, -0.2) is 4.79 Å². The van der Waals surface area contributed by atoms with E-state index in [1.807, 2.05) is 32.0 Å².